The molecule has 18 heavy (non-hydrogen) atoms. The number of rotatable bonds is 3. The highest BCUT2D eigenvalue weighted by Crippen LogP contribution is 2.39. The second-order valence-corrected chi connectivity index (χ2v) is 8.33. The number of nitrogens with one attached hydrogen (secondary N) is 1. The van der Waals surface area contributed by atoms with E-state index in [4.69, 9.17) is 0 Å². The van der Waals surface area contributed by atoms with E-state index in [1.54, 1.807) is 10.5 Å². The molecule has 1 aromatic heterocycles. The van der Waals surface area contributed by atoms with Gasteiger partial charge in [-0.1, -0.05) is 6.42 Å². The zero-order valence-electron chi connectivity index (χ0n) is 9.97. The minimum Gasteiger partial charge on any atom is -0.280 e. The van der Waals surface area contributed by atoms with Crippen molar-refractivity contribution in [3.8, 4) is 0 Å². The summed E-state index contributed by atoms with van der Waals surface area (Å²) in [6, 6.07) is -0.0428. The van der Waals surface area contributed by atoms with E-state index in [1.807, 2.05) is 0 Å². The van der Waals surface area contributed by atoms with E-state index in [-0.39, 0.29) is 11.3 Å². The first-order valence-corrected chi connectivity index (χ1v) is 8.88. The molecule has 2 aliphatic rings. The fraction of sp³-hybridized carbons (Fsp3) is 0.727. The van der Waals surface area contributed by atoms with Crippen LogP contribution in [-0.2, 0) is 10.0 Å². The van der Waals surface area contributed by atoms with Crippen molar-refractivity contribution in [2.45, 2.75) is 43.4 Å². The van der Waals surface area contributed by atoms with Gasteiger partial charge >= 0.3 is 0 Å². The van der Waals surface area contributed by atoms with Crippen LogP contribution >= 0.6 is 22.6 Å². The highest BCUT2D eigenvalue weighted by molar-refractivity contribution is 14.1. The second-order valence-electron chi connectivity index (χ2n) is 5.00. The smallest absolute Gasteiger partial charge is 0.217 e. The zero-order chi connectivity index (χ0) is 12.8. The first kappa shape index (κ1) is 12.9. The molecule has 3 rings (SSSR count). The maximum absolute atomic E-state index is 12.5. The molecule has 0 spiro atoms. The molecule has 1 atom stereocenters. The summed E-state index contributed by atoms with van der Waals surface area (Å²) in [5.41, 5.74) is 0.958. The summed E-state index contributed by atoms with van der Waals surface area (Å²) in [5, 5.41) is 6.87. The molecule has 1 aliphatic carbocycles. The number of sulfonamides is 1. The summed E-state index contributed by atoms with van der Waals surface area (Å²) >= 11 is 2.21. The summed E-state index contributed by atoms with van der Waals surface area (Å²) in [7, 11) is -3.10. The molecule has 2 fully saturated rings. The largest absolute Gasteiger partial charge is 0.280 e. The first-order chi connectivity index (χ1) is 8.60. The molecule has 1 N–H and O–H groups in total. The summed E-state index contributed by atoms with van der Waals surface area (Å²) < 4.78 is 27.6. The van der Waals surface area contributed by atoms with Crippen molar-refractivity contribution in [1.82, 2.24) is 14.5 Å². The third-order valence-corrected chi connectivity index (χ3v) is 6.94. The molecular formula is C11H16IN3O2S. The number of nitrogens with zero attached hydrogens (tertiary/aromatic N) is 2. The number of halogens is 1. The van der Waals surface area contributed by atoms with E-state index in [0.29, 0.717) is 6.54 Å². The summed E-state index contributed by atoms with van der Waals surface area (Å²) in [5.74, 6) is 0. The molecule has 0 radical (unpaired) electrons. The van der Waals surface area contributed by atoms with Gasteiger partial charge in [0.15, 0.2) is 0 Å². The third-order valence-electron chi connectivity index (χ3n) is 3.68. The van der Waals surface area contributed by atoms with Gasteiger partial charge < -0.3 is 0 Å². The Bertz CT molecular complexity index is 538. The van der Waals surface area contributed by atoms with Gasteiger partial charge in [-0.2, -0.15) is 9.40 Å². The van der Waals surface area contributed by atoms with Gasteiger partial charge in [0.05, 0.1) is 26.8 Å². The van der Waals surface area contributed by atoms with Gasteiger partial charge in [-0.3, -0.25) is 5.10 Å². The standard InChI is InChI=1S/C11H16IN3O2S/c12-9-7-13-14-11(9)10-3-1-2-6-15(10)18(16,17)8-4-5-8/h7-8,10H,1-6H2,(H,13,14). The van der Waals surface area contributed by atoms with Crippen molar-refractivity contribution >= 4 is 32.6 Å². The fourth-order valence-corrected chi connectivity index (χ4v) is 5.25. The average Bonchev–Trinajstić information content (AvgIpc) is 3.13. The van der Waals surface area contributed by atoms with Gasteiger partial charge in [0.2, 0.25) is 10.0 Å². The molecule has 1 aliphatic heterocycles. The number of hydrogen-bond donors (Lipinski definition) is 1. The van der Waals surface area contributed by atoms with E-state index in [9.17, 15) is 8.42 Å². The SMILES string of the molecule is O=S(=O)(C1CC1)N1CCCCC1c1[nH]ncc1I. The Balaban J connectivity index is 1.93. The molecule has 5 nitrogen and oxygen atoms in total. The summed E-state index contributed by atoms with van der Waals surface area (Å²) in [6.07, 6.45) is 6.34. The predicted molar refractivity (Wildman–Crippen MR) is 76.5 cm³/mol. The van der Waals surface area contributed by atoms with Crippen LogP contribution in [0, 0.1) is 3.57 Å². The lowest BCUT2D eigenvalue weighted by molar-refractivity contribution is 0.250. The lowest BCUT2D eigenvalue weighted by atomic mass is 10.0. The van der Waals surface area contributed by atoms with Crippen LogP contribution in [0.5, 0.6) is 0 Å². The molecular weight excluding hydrogens is 365 g/mol. The Hall–Kier alpha value is -0.150. The number of piperidine rings is 1. The highest BCUT2D eigenvalue weighted by atomic mass is 127. The molecule has 0 amide bonds. The Morgan fingerprint density at radius 3 is 2.72 bits per heavy atom. The zero-order valence-corrected chi connectivity index (χ0v) is 12.9. The van der Waals surface area contributed by atoms with E-state index in [1.165, 1.54) is 0 Å². The highest BCUT2D eigenvalue weighted by Gasteiger charge is 2.44. The normalized spacial score (nSPS) is 26.4. The molecule has 1 aromatic rings. The monoisotopic (exact) mass is 381 g/mol. The van der Waals surface area contributed by atoms with Gasteiger partial charge in [0, 0.05) is 6.54 Å². The summed E-state index contributed by atoms with van der Waals surface area (Å²) in [6.45, 7) is 0.651. The summed E-state index contributed by atoms with van der Waals surface area (Å²) in [4.78, 5) is 0. The van der Waals surface area contributed by atoms with Gasteiger partial charge in [0.25, 0.3) is 0 Å². The van der Waals surface area contributed by atoms with Crippen molar-refractivity contribution < 1.29 is 8.42 Å². The van der Waals surface area contributed by atoms with Crippen molar-refractivity contribution in [2.75, 3.05) is 6.54 Å². The van der Waals surface area contributed by atoms with Crippen LogP contribution in [0.3, 0.4) is 0 Å². The van der Waals surface area contributed by atoms with Crippen LogP contribution in [-0.4, -0.2) is 34.7 Å². The quantitative estimate of drug-likeness (QED) is 0.815. The van der Waals surface area contributed by atoms with Crippen LogP contribution < -0.4 is 0 Å². The van der Waals surface area contributed by atoms with E-state index in [0.717, 1.165) is 41.4 Å². The van der Waals surface area contributed by atoms with Gasteiger partial charge in [0.1, 0.15) is 0 Å². The molecule has 1 saturated carbocycles. The Morgan fingerprint density at radius 2 is 2.11 bits per heavy atom. The van der Waals surface area contributed by atoms with E-state index in [2.05, 4.69) is 32.8 Å². The number of hydrogen-bond acceptors (Lipinski definition) is 3. The molecule has 100 valence electrons. The van der Waals surface area contributed by atoms with Crippen LogP contribution in [0.1, 0.15) is 43.8 Å². The molecule has 1 unspecified atom stereocenters. The van der Waals surface area contributed by atoms with Gasteiger partial charge in [-0.25, -0.2) is 8.42 Å². The van der Waals surface area contributed by atoms with Crippen LogP contribution in [0.25, 0.3) is 0 Å². The Morgan fingerprint density at radius 1 is 1.33 bits per heavy atom. The maximum atomic E-state index is 12.5. The minimum absolute atomic E-state index is 0.0428. The maximum Gasteiger partial charge on any atom is 0.217 e. The van der Waals surface area contributed by atoms with Crippen molar-refractivity contribution in [3.63, 3.8) is 0 Å². The lowest BCUT2D eigenvalue weighted by Crippen LogP contribution is -2.40. The van der Waals surface area contributed by atoms with E-state index < -0.39 is 10.0 Å². The fourth-order valence-electron chi connectivity index (χ4n) is 2.57. The number of aromatic amines is 1. The molecule has 2 heterocycles. The van der Waals surface area contributed by atoms with Crippen molar-refractivity contribution in [2.24, 2.45) is 0 Å². The first-order valence-electron chi connectivity index (χ1n) is 6.30. The van der Waals surface area contributed by atoms with Crippen LogP contribution in [0.2, 0.25) is 0 Å². The third kappa shape index (κ3) is 2.20. The van der Waals surface area contributed by atoms with Gasteiger partial charge in [-0.05, 0) is 48.3 Å². The lowest BCUT2D eigenvalue weighted by Gasteiger charge is -2.34. The molecule has 0 aromatic carbocycles. The molecule has 0 bridgehead atoms. The number of aromatic nitrogens is 2. The second kappa shape index (κ2) is 4.75. The number of H-pyrrole nitrogens is 1. The Kier molecular flexibility index (Phi) is 3.39. The minimum atomic E-state index is -3.10. The van der Waals surface area contributed by atoms with Gasteiger partial charge in [-0.15, -0.1) is 0 Å². The van der Waals surface area contributed by atoms with Crippen LogP contribution in [0.15, 0.2) is 6.20 Å². The molecule has 1 saturated heterocycles. The Labute approximate surface area is 121 Å². The average molecular weight is 381 g/mol. The van der Waals surface area contributed by atoms with E-state index >= 15 is 0 Å². The van der Waals surface area contributed by atoms with Crippen molar-refractivity contribution in [1.29, 1.82) is 0 Å². The predicted octanol–water partition coefficient (Wildman–Crippen LogP) is 2.03. The molecule has 7 heteroatoms. The van der Waals surface area contributed by atoms with Crippen molar-refractivity contribution in [3.05, 3.63) is 15.5 Å². The topological polar surface area (TPSA) is 66.1 Å². The van der Waals surface area contributed by atoms with Crippen LogP contribution in [0.4, 0.5) is 0 Å².